The summed E-state index contributed by atoms with van der Waals surface area (Å²) in [5.41, 5.74) is 0.527. The predicted octanol–water partition coefficient (Wildman–Crippen LogP) is 6.08. The van der Waals surface area contributed by atoms with Gasteiger partial charge in [0.2, 0.25) is 17.6 Å². The molecular weight excluding hydrogens is 515 g/mol. The largest absolute Gasteiger partial charge is 0.274 e. The fraction of sp³-hybridized carbons (Fsp3) is 0.143. The van der Waals surface area contributed by atoms with Crippen molar-refractivity contribution in [3.63, 3.8) is 0 Å². The third-order valence-electron chi connectivity index (χ3n) is 7.38. The van der Waals surface area contributed by atoms with Crippen LogP contribution in [0.25, 0.3) is 5.57 Å². The van der Waals surface area contributed by atoms with Crippen LogP contribution in [0.4, 0.5) is 36.4 Å². The van der Waals surface area contributed by atoms with Crippen LogP contribution in [0.5, 0.6) is 0 Å². The van der Waals surface area contributed by atoms with E-state index in [1.54, 1.807) is 12.2 Å². The van der Waals surface area contributed by atoms with E-state index < -0.39 is 81.9 Å². The quantitative estimate of drug-likeness (QED) is 0.136. The van der Waals surface area contributed by atoms with E-state index in [0.717, 1.165) is 0 Å². The molecule has 0 aromatic heterocycles. The van der Waals surface area contributed by atoms with Crippen LogP contribution < -0.4 is 4.90 Å². The number of carbonyl (C=O) groups excluding carboxylic acids is 2. The molecule has 0 spiro atoms. The zero-order valence-corrected chi connectivity index (χ0v) is 19.0. The van der Waals surface area contributed by atoms with Gasteiger partial charge in [-0.2, -0.15) is 0 Å². The molecule has 3 aromatic carbocycles. The number of hydrogen-bond donors (Lipinski definition) is 0. The normalized spacial score (nSPS) is 23.6. The summed E-state index contributed by atoms with van der Waals surface area (Å²) in [7, 11) is 0. The maximum absolute atomic E-state index is 14.5. The Hall–Kier alpha value is -4.21. The highest BCUT2D eigenvalue weighted by Crippen LogP contribution is 2.59. The number of benzene rings is 3. The molecule has 0 N–H and O–H groups in total. The smallest absolute Gasteiger partial charge is 0.238 e. The predicted molar refractivity (Wildman–Crippen MR) is 121 cm³/mol. The van der Waals surface area contributed by atoms with Crippen LogP contribution >= 0.6 is 0 Å². The van der Waals surface area contributed by atoms with Gasteiger partial charge in [0, 0.05) is 11.8 Å². The van der Waals surface area contributed by atoms with Crippen molar-refractivity contribution in [1.82, 2.24) is 0 Å². The number of halogens is 7. The van der Waals surface area contributed by atoms with Crippen molar-refractivity contribution in [2.75, 3.05) is 4.90 Å². The summed E-state index contributed by atoms with van der Waals surface area (Å²) in [5, 5.41) is 0. The minimum absolute atomic E-state index is 0.0465. The first-order valence-electron chi connectivity index (χ1n) is 11.4. The molecular formula is C28H14F7NO2. The molecule has 0 unspecified atom stereocenters. The Labute approximate surface area is 210 Å². The molecule has 4 atom stereocenters. The Morgan fingerprint density at radius 3 is 1.32 bits per heavy atom. The van der Waals surface area contributed by atoms with E-state index >= 15 is 0 Å². The van der Waals surface area contributed by atoms with Gasteiger partial charge in [0.05, 0.1) is 11.8 Å². The second kappa shape index (κ2) is 8.41. The standard InChI is InChI=1S/C28H14F7NO2/c29-13-5-1-11(2-6-13)17(12-3-7-14(30)8-4-12)18-15-9-10-16(18)20-19(15)27(37)36(28(20)38)26-24(34)22(32)21(31)23(33)25(26)35/h1-10,15-16,19-20H/t15-,16-,19-,20-/m1/s1. The van der Waals surface area contributed by atoms with Crippen LogP contribution in [0, 0.1) is 64.4 Å². The summed E-state index contributed by atoms with van der Waals surface area (Å²) in [4.78, 5) is 26.9. The Balaban J connectivity index is 1.50. The molecule has 10 heteroatoms. The summed E-state index contributed by atoms with van der Waals surface area (Å²) < 4.78 is 97.8. The third-order valence-corrected chi connectivity index (χ3v) is 7.38. The van der Waals surface area contributed by atoms with Gasteiger partial charge >= 0.3 is 0 Å². The molecule has 6 rings (SSSR count). The molecule has 192 valence electrons. The average molecular weight is 529 g/mol. The van der Waals surface area contributed by atoms with E-state index in [4.69, 9.17) is 0 Å². The van der Waals surface area contributed by atoms with Crippen molar-refractivity contribution >= 4 is 23.1 Å². The van der Waals surface area contributed by atoms with Crippen molar-refractivity contribution < 1.29 is 40.3 Å². The number of amides is 2. The molecule has 1 aliphatic heterocycles. The van der Waals surface area contributed by atoms with Crippen LogP contribution in [0.3, 0.4) is 0 Å². The van der Waals surface area contributed by atoms with Crippen molar-refractivity contribution in [3.05, 3.63) is 118 Å². The lowest BCUT2D eigenvalue weighted by atomic mass is 9.85. The fourth-order valence-corrected chi connectivity index (χ4v) is 5.84. The molecule has 38 heavy (non-hydrogen) atoms. The molecule has 3 aromatic rings. The lowest BCUT2D eigenvalue weighted by molar-refractivity contribution is -0.123. The van der Waals surface area contributed by atoms with Gasteiger partial charge in [-0.05, 0) is 46.5 Å². The topological polar surface area (TPSA) is 37.4 Å². The number of nitrogens with zero attached hydrogens (tertiary/aromatic N) is 1. The highest BCUT2D eigenvalue weighted by atomic mass is 19.2. The summed E-state index contributed by atoms with van der Waals surface area (Å²) in [6.45, 7) is 0. The van der Waals surface area contributed by atoms with Crippen molar-refractivity contribution in [2.45, 2.75) is 0 Å². The Morgan fingerprint density at radius 1 is 0.553 bits per heavy atom. The van der Waals surface area contributed by atoms with E-state index in [-0.39, 0.29) is 4.90 Å². The molecule has 3 nitrogen and oxygen atoms in total. The first-order chi connectivity index (χ1) is 18.1. The molecule has 1 saturated heterocycles. The van der Waals surface area contributed by atoms with Gasteiger partial charge < -0.3 is 0 Å². The highest BCUT2D eigenvalue weighted by molar-refractivity contribution is 6.23. The molecule has 3 aliphatic rings. The zero-order chi connectivity index (χ0) is 27.0. The van der Waals surface area contributed by atoms with E-state index in [9.17, 15) is 40.3 Å². The van der Waals surface area contributed by atoms with Gasteiger partial charge in [0.25, 0.3) is 0 Å². The number of allylic oxidation sites excluding steroid dienone is 3. The second-order valence-electron chi connectivity index (χ2n) is 9.26. The Bertz CT molecular complexity index is 1480. The van der Waals surface area contributed by atoms with Crippen molar-refractivity contribution in [3.8, 4) is 0 Å². The van der Waals surface area contributed by atoms with E-state index in [1.165, 1.54) is 48.5 Å². The molecule has 1 heterocycles. The van der Waals surface area contributed by atoms with Gasteiger partial charge in [-0.15, -0.1) is 0 Å². The number of rotatable bonds is 3. The number of fused-ring (bicyclic) bond motifs is 5. The number of carbonyl (C=O) groups is 2. The Morgan fingerprint density at radius 2 is 0.921 bits per heavy atom. The van der Waals surface area contributed by atoms with Gasteiger partial charge in [0.1, 0.15) is 17.3 Å². The number of hydrogen-bond acceptors (Lipinski definition) is 2. The van der Waals surface area contributed by atoms with Crippen molar-refractivity contribution in [2.24, 2.45) is 23.7 Å². The van der Waals surface area contributed by atoms with Crippen LogP contribution in [-0.4, -0.2) is 11.8 Å². The molecule has 1 saturated carbocycles. The number of imide groups is 1. The molecule has 2 aliphatic carbocycles. The van der Waals surface area contributed by atoms with Crippen LogP contribution in [0.2, 0.25) is 0 Å². The fourth-order valence-electron chi connectivity index (χ4n) is 5.84. The number of anilines is 1. The molecule has 0 radical (unpaired) electrons. The summed E-state index contributed by atoms with van der Waals surface area (Å²) in [6.07, 6.45) is 3.28. The maximum Gasteiger partial charge on any atom is 0.238 e. The van der Waals surface area contributed by atoms with Gasteiger partial charge in [-0.1, -0.05) is 36.4 Å². The lowest BCUT2D eigenvalue weighted by Gasteiger charge is -2.22. The Kier molecular flexibility index (Phi) is 5.34. The van der Waals surface area contributed by atoms with E-state index in [0.29, 0.717) is 22.3 Å². The second-order valence-corrected chi connectivity index (χ2v) is 9.26. The highest BCUT2D eigenvalue weighted by Gasteiger charge is 2.63. The van der Waals surface area contributed by atoms with Crippen molar-refractivity contribution in [1.29, 1.82) is 0 Å². The first-order valence-corrected chi connectivity index (χ1v) is 11.4. The molecule has 2 fully saturated rings. The summed E-state index contributed by atoms with van der Waals surface area (Å²) in [5.74, 6) is -18.6. The first kappa shape index (κ1) is 24.1. The minimum Gasteiger partial charge on any atom is -0.274 e. The average Bonchev–Trinajstić information content (AvgIpc) is 3.54. The SMILES string of the molecule is O=C1[C@H]2[C@H](C(=O)N1c1c(F)c(F)c(F)c(F)c1F)[C@@H]1C=C[C@@H]2C1=C(c1ccc(F)cc1)c1ccc(F)cc1. The van der Waals surface area contributed by atoms with Gasteiger partial charge in [-0.3, -0.25) is 9.59 Å². The monoisotopic (exact) mass is 529 g/mol. The van der Waals surface area contributed by atoms with Crippen LogP contribution in [-0.2, 0) is 9.59 Å². The van der Waals surface area contributed by atoms with Gasteiger partial charge in [-0.25, -0.2) is 35.6 Å². The summed E-state index contributed by atoms with van der Waals surface area (Å²) >= 11 is 0. The minimum atomic E-state index is -2.40. The van der Waals surface area contributed by atoms with Crippen LogP contribution in [0.15, 0.2) is 66.3 Å². The van der Waals surface area contributed by atoms with Gasteiger partial charge in [0.15, 0.2) is 23.3 Å². The summed E-state index contributed by atoms with van der Waals surface area (Å²) in [6, 6.07) is 10.8. The van der Waals surface area contributed by atoms with E-state index in [2.05, 4.69) is 0 Å². The van der Waals surface area contributed by atoms with E-state index in [1.807, 2.05) is 0 Å². The molecule has 2 amide bonds. The lowest BCUT2D eigenvalue weighted by Crippen LogP contribution is -2.35. The maximum atomic E-state index is 14.5. The molecule has 2 bridgehead atoms. The zero-order valence-electron chi connectivity index (χ0n) is 19.0. The third kappa shape index (κ3) is 3.22. The van der Waals surface area contributed by atoms with Crippen LogP contribution in [0.1, 0.15) is 11.1 Å².